The van der Waals surface area contributed by atoms with Crippen molar-refractivity contribution in [3.05, 3.63) is 42.5 Å². The summed E-state index contributed by atoms with van der Waals surface area (Å²) in [6, 6.07) is 5.25. The largest absolute Gasteiger partial charge is 0.492 e. The molecule has 0 spiro atoms. The number of nitrogen functional groups attached to an aromatic ring is 1. The number of likely N-dealkylation sites (tertiary alicyclic amines) is 1. The second kappa shape index (κ2) is 9.26. The summed E-state index contributed by atoms with van der Waals surface area (Å²) in [6.07, 6.45) is 5.27. The molecule has 1 unspecified atom stereocenters. The van der Waals surface area contributed by atoms with Gasteiger partial charge >= 0.3 is 5.97 Å². The van der Waals surface area contributed by atoms with Crippen LogP contribution in [0.25, 0.3) is 5.70 Å². The molecule has 1 saturated heterocycles. The molecule has 1 heterocycles. The number of carbonyl (C=O) groups is 1. The Morgan fingerprint density at radius 1 is 1.50 bits per heavy atom. The average molecular weight is 360 g/mol. The van der Waals surface area contributed by atoms with Crippen molar-refractivity contribution in [3.63, 3.8) is 0 Å². The molecule has 0 saturated carbocycles. The highest BCUT2D eigenvalue weighted by Gasteiger charge is 2.31. The molecule has 26 heavy (non-hydrogen) atoms. The number of hydrogen-bond donors (Lipinski definition) is 2. The molecule has 1 aliphatic rings. The van der Waals surface area contributed by atoms with Gasteiger partial charge in [-0.15, -0.1) is 0 Å². The number of hydrogen-bond acceptors (Lipinski definition) is 7. The lowest BCUT2D eigenvalue weighted by Gasteiger charge is -2.23. The van der Waals surface area contributed by atoms with Crippen molar-refractivity contribution in [1.29, 1.82) is 0 Å². The van der Waals surface area contributed by atoms with Gasteiger partial charge in [-0.1, -0.05) is 12.7 Å². The van der Waals surface area contributed by atoms with Gasteiger partial charge in [0, 0.05) is 24.8 Å². The Balaban J connectivity index is 2.09. The molecule has 1 atom stereocenters. The Bertz CT molecular complexity index is 673. The summed E-state index contributed by atoms with van der Waals surface area (Å²) < 4.78 is 10.9. The van der Waals surface area contributed by atoms with Crippen LogP contribution in [-0.2, 0) is 9.53 Å². The summed E-state index contributed by atoms with van der Waals surface area (Å²) in [6.45, 7) is 5.68. The van der Waals surface area contributed by atoms with Gasteiger partial charge in [-0.2, -0.15) is 0 Å². The topological polar surface area (TPSA) is 94.0 Å². The Hall–Kier alpha value is -2.51. The van der Waals surface area contributed by atoms with Crippen molar-refractivity contribution in [3.8, 4) is 5.75 Å². The number of hydrazine groups is 1. The Labute approximate surface area is 154 Å². The molecule has 1 aliphatic heterocycles. The number of esters is 1. The summed E-state index contributed by atoms with van der Waals surface area (Å²) >= 11 is 0. The summed E-state index contributed by atoms with van der Waals surface area (Å²) in [4.78, 5) is 13.9. The average Bonchev–Trinajstić information content (AvgIpc) is 3.08. The zero-order valence-corrected chi connectivity index (χ0v) is 15.5. The van der Waals surface area contributed by atoms with E-state index in [9.17, 15) is 4.79 Å². The van der Waals surface area contributed by atoms with E-state index < -0.39 is 0 Å². The number of ether oxygens (including phenoxy) is 2. The minimum atomic E-state index is -0.184. The number of carbonyl (C=O) groups excluding carboxylic acids is 1. The van der Waals surface area contributed by atoms with E-state index in [1.54, 1.807) is 25.3 Å². The molecule has 1 aromatic rings. The lowest BCUT2D eigenvalue weighted by Crippen LogP contribution is -2.39. The summed E-state index contributed by atoms with van der Waals surface area (Å²) in [5.74, 6) is 6.43. The van der Waals surface area contributed by atoms with Gasteiger partial charge in [0.05, 0.1) is 12.8 Å². The normalized spacial score (nSPS) is 17.8. The van der Waals surface area contributed by atoms with Crippen LogP contribution in [0.3, 0.4) is 0 Å². The fraction of sp³-hybridized carbons (Fsp3) is 0.421. The van der Waals surface area contributed by atoms with Crippen LogP contribution in [0.5, 0.6) is 5.75 Å². The van der Waals surface area contributed by atoms with Gasteiger partial charge in [-0.05, 0) is 43.7 Å². The molecule has 0 amide bonds. The third-order valence-corrected chi connectivity index (χ3v) is 4.41. The van der Waals surface area contributed by atoms with E-state index >= 15 is 0 Å². The third-order valence-electron chi connectivity index (χ3n) is 4.41. The van der Waals surface area contributed by atoms with Gasteiger partial charge in [0.1, 0.15) is 18.4 Å². The standard InChI is InChI=1S/C19H28N4O3/c1-4-6-16(22(2)21)15-13-14(20)8-9-18(15)26-12-11-23-10-5-7-17(23)19(24)25-3/h4,6,8-9,13,17H,1,5,7,10-12,20-21H2,2-3H3/b16-6-. The van der Waals surface area contributed by atoms with Crippen molar-refractivity contribution in [1.82, 2.24) is 9.91 Å². The van der Waals surface area contributed by atoms with Crippen LogP contribution in [0.1, 0.15) is 18.4 Å². The van der Waals surface area contributed by atoms with E-state index in [4.69, 9.17) is 21.1 Å². The molecule has 1 aromatic carbocycles. The first-order chi connectivity index (χ1) is 12.5. The van der Waals surface area contributed by atoms with E-state index in [2.05, 4.69) is 11.5 Å². The highest BCUT2D eigenvalue weighted by molar-refractivity contribution is 5.76. The maximum atomic E-state index is 11.8. The molecule has 0 aliphatic carbocycles. The van der Waals surface area contributed by atoms with Crippen LogP contribution in [0.2, 0.25) is 0 Å². The van der Waals surface area contributed by atoms with Crippen LogP contribution in [0.15, 0.2) is 36.9 Å². The van der Waals surface area contributed by atoms with Crippen molar-refractivity contribution in [2.45, 2.75) is 18.9 Å². The smallest absolute Gasteiger partial charge is 0.323 e. The molecule has 4 N–H and O–H groups in total. The van der Waals surface area contributed by atoms with Crippen molar-refractivity contribution in [2.24, 2.45) is 5.84 Å². The summed E-state index contributed by atoms with van der Waals surface area (Å²) in [7, 11) is 3.17. The first-order valence-electron chi connectivity index (χ1n) is 8.63. The molecule has 2 rings (SSSR count). The fourth-order valence-corrected chi connectivity index (χ4v) is 3.15. The molecule has 0 radical (unpaired) electrons. The van der Waals surface area contributed by atoms with Crippen LogP contribution in [-0.4, -0.2) is 55.8 Å². The molecular weight excluding hydrogens is 332 g/mol. The monoisotopic (exact) mass is 360 g/mol. The minimum Gasteiger partial charge on any atom is -0.492 e. The first-order valence-corrected chi connectivity index (χ1v) is 8.63. The maximum Gasteiger partial charge on any atom is 0.323 e. The Morgan fingerprint density at radius 3 is 2.92 bits per heavy atom. The van der Waals surface area contributed by atoms with Gasteiger partial charge in [-0.3, -0.25) is 9.69 Å². The van der Waals surface area contributed by atoms with Crippen molar-refractivity contribution in [2.75, 3.05) is 39.6 Å². The molecule has 7 heteroatoms. The number of rotatable bonds is 8. The lowest BCUT2D eigenvalue weighted by molar-refractivity contribution is -0.145. The molecule has 0 aromatic heterocycles. The van der Waals surface area contributed by atoms with E-state index in [0.29, 0.717) is 24.6 Å². The number of allylic oxidation sites excluding steroid dienone is 2. The summed E-state index contributed by atoms with van der Waals surface area (Å²) in [5.41, 5.74) is 8.09. The lowest BCUT2D eigenvalue weighted by atomic mass is 10.1. The molecule has 142 valence electrons. The molecule has 1 fully saturated rings. The van der Waals surface area contributed by atoms with Crippen LogP contribution in [0, 0.1) is 0 Å². The van der Waals surface area contributed by atoms with Gasteiger partial charge < -0.3 is 20.2 Å². The van der Waals surface area contributed by atoms with Crippen molar-refractivity contribution < 1.29 is 14.3 Å². The minimum absolute atomic E-state index is 0.180. The van der Waals surface area contributed by atoms with E-state index in [-0.39, 0.29) is 12.0 Å². The SMILES string of the molecule is C=C/C=C(/c1cc(N)ccc1OCCN1CCCC1C(=O)OC)N(C)N. The quantitative estimate of drug-likeness (QED) is 0.239. The highest BCUT2D eigenvalue weighted by atomic mass is 16.5. The first kappa shape index (κ1) is 19.8. The number of nitrogens with two attached hydrogens (primary N) is 2. The summed E-state index contributed by atoms with van der Waals surface area (Å²) in [5, 5.41) is 1.50. The Morgan fingerprint density at radius 2 is 2.27 bits per heavy atom. The molecule has 0 bridgehead atoms. The van der Waals surface area contributed by atoms with Crippen molar-refractivity contribution >= 4 is 17.4 Å². The molecular formula is C19H28N4O3. The number of anilines is 1. The predicted molar refractivity (Wildman–Crippen MR) is 103 cm³/mol. The Kier molecular flexibility index (Phi) is 7.06. The van der Waals surface area contributed by atoms with E-state index in [0.717, 1.165) is 30.6 Å². The second-order valence-corrected chi connectivity index (χ2v) is 6.22. The van der Waals surface area contributed by atoms with E-state index in [1.165, 1.54) is 12.1 Å². The number of nitrogens with zero attached hydrogens (tertiary/aromatic N) is 2. The number of benzene rings is 1. The van der Waals surface area contributed by atoms with Crippen LogP contribution in [0.4, 0.5) is 5.69 Å². The van der Waals surface area contributed by atoms with Crippen LogP contribution < -0.4 is 16.3 Å². The van der Waals surface area contributed by atoms with Gasteiger partial charge in [0.25, 0.3) is 0 Å². The highest BCUT2D eigenvalue weighted by Crippen LogP contribution is 2.29. The zero-order valence-electron chi connectivity index (χ0n) is 15.5. The van der Waals surface area contributed by atoms with Gasteiger partial charge in [0.2, 0.25) is 0 Å². The third kappa shape index (κ3) is 4.77. The van der Waals surface area contributed by atoms with Crippen LogP contribution >= 0.6 is 0 Å². The predicted octanol–water partition coefficient (Wildman–Crippen LogP) is 1.62. The zero-order chi connectivity index (χ0) is 19.1. The van der Waals surface area contributed by atoms with Gasteiger partial charge in [-0.25, -0.2) is 5.84 Å². The number of methoxy groups -OCH3 is 1. The fourth-order valence-electron chi connectivity index (χ4n) is 3.15. The second-order valence-electron chi connectivity index (χ2n) is 6.22. The molecule has 7 nitrogen and oxygen atoms in total. The van der Waals surface area contributed by atoms with Gasteiger partial charge in [0.15, 0.2) is 0 Å². The van der Waals surface area contributed by atoms with E-state index in [1.807, 2.05) is 12.1 Å². The maximum absolute atomic E-state index is 11.8.